The average molecular weight is 503 g/mol. The minimum absolute atomic E-state index is 0.173. The predicted octanol–water partition coefficient (Wildman–Crippen LogP) is 3.62. The minimum Gasteiger partial charge on any atom is -0.473 e. The van der Waals surface area contributed by atoms with Crippen LogP contribution in [0, 0.1) is 5.82 Å². The molecule has 0 aliphatic carbocycles. The van der Waals surface area contributed by atoms with Crippen molar-refractivity contribution in [2.75, 3.05) is 41.3 Å². The van der Waals surface area contributed by atoms with Crippen molar-refractivity contribution in [3.05, 3.63) is 70.5 Å². The Kier molecular flexibility index (Phi) is 10.7. The van der Waals surface area contributed by atoms with Gasteiger partial charge in [-0.1, -0.05) is 24.3 Å². The van der Waals surface area contributed by atoms with Crippen LogP contribution in [0.4, 0.5) is 4.39 Å². The number of ketones is 1. The van der Waals surface area contributed by atoms with Crippen LogP contribution in [0.2, 0.25) is 0 Å². The molecule has 9 heteroatoms. The first-order chi connectivity index (χ1) is 17.0. The van der Waals surface area contributed by atoms with E-state index in [0.717, 1.165) is 54.6 Å². The van der Waals surface area contributed by atoms with Gasteiger partial charge in [-0.3, -0.25) is 4.79 Å². The monoisotopic (exact) mass is 502 g/mol. The lowest BCUT2D eigenvalue weighted by Gasteiger charge is -2.31. The molecule has 1 unspecified atom stereocenters. The number of nitrogens with zero attached hydrogens (tertiary/aromatic N) is 2. The van der Waals surface area contributed by atoms with E-state index < -0.39 is 17.5 Å². The van der Waals surface area contributed by atoms with Gasteiger partial charge in [0.05, 0.1) is 6.61 Å². The predicted molar refractivity (Wildman–Crippen MR) is 134 cm³/mol. The van der Waals surface area contributed by atoms with Crippen molar-refractivity contribution >= 4 is 17.7 Å². The molecule has 0 aromatic heterocycles. The molecule has 1 aliphatic heterocycles. The van der Waals surface area contributed by atoms with E-state index in [0.29, 0.717) is 13.0 Å². The van der Waals surface area contributed by atoms with E-state index in [1.54, 1.807) is 0 Å². The number of hydrogen-bond donors (Lipinski definition) is 2. The summed E-state index contributed by atoms with van der Waals surface area (Å²) >= 11 is 0. The molecule has 2 N–H and O–H groups in total. The molecule has 0 fully saturated rings. The molecule has 8 nitrogen and oxygen atoms in total. The molecule has 0 spiro atoms. The molecule has 0 radical (unpaired) electrons. The van der Waals surface area contributed by atoms with Crippen molar-refractivity contribution in [2.45, 2.75) is 37.9 Å². The van der Waals surface area contributed by atoms with Crippen LogP contribution in [0.1, 0.15) is 52.7 Å². The number of hydrogen-bond acceptors (Lipinski definition) is 6. The van der Waals surface area contributed by atoms with Gasteiger partial charge >= 0.3 is 11.9 Å². The van der Waals surface area contributed by atoms with Gasteiger partial charge in [-0.05, 0) is 95.4 Å². The number of carboxylic acid groups (broad SMARTS) is 2. The summed E-state index contributed by atoms with van der Waals surface area (Å²) in [5.74, 6) is -3.73. The van der Waals surface area contributed by atoms with Crippen LogP contribution in [0.25, 0.3) is 0 Å². The van der Waals surface area contributed by atoms with Crippen LogP contribution in [0.15, 0.2) is 42.5 Å². The molecule has 0 saturated heterocycles. The Bertz CT molecular complexity index is 1040. The van der Waals surface area contributed by atoms with Crippen LogP contribution in [0.3, 0.4) is 0 Å². The van der Waals surface area contributed by atoms with Crippen molar-refractivity contribution in [1.29, 1.82) is 0 Å². The molecular weight excluding hydrogens is 467 g/mol. The number of fused-ring (bicyclic) bond motifs is 1. The number of aliphatic carboxylic acids is 2. The molecule has 3 rings (SSSR count). The van der Waals surface area contributed by atoms with E-state index >= 15 is 0 Å². The molecule has 196 valence electrons. The fourth-order valence-electron chi connectivity index (χ4n) is 4.21. The van der Waals surface area contributed by atoms with Crippen LogP contribution >= 0.6 is 0 Å². The quantitative estimate of drug-likeness (QED) is 0.375. The number of rotatable bonds is 10. The second-order valence-corrected chi connectivity index (χ2v) is 9.34. The summed E-state index contributed by atoms with van der Waals surface area (Å²) in [6.45, 7) is 2.32. The lowest BCUT2D eigenvalue weighted by molar-refractivity contribution is -0.159. The zero-order valence-corrected chi connectivity index (χ0v) is 21.3. The first kappa shape index (κ1) is 29.1. The van der Waals surface area contributed by atoms with E-state index in [4.69, 9.17) is 24.5 Å². The summed E-state index contributed by atoms with van der Waals surface area (Å²) in [6.07, 6.45) is 3.15. The van der Waals surface area contributed by atoms with Gasteiger partial charge in [-0.2, -0.15) is 0 Å². The summed E-state index contributed by atoms with van der Waals surface area (Å²) in [7, 11) is 8.15. The summed E-state index contributed by atoms with van der Waals surface area (Å²) in [4.78, 5) is 35.1. The average Bonchev–Trinajstić information content (AvgIpc) is 3.18. The van der Waals surface area contributed by atoms with E-state index in [-0.39, 0.29) is 11.6 Å². The zero-order chi connectivity index (χ0) is 26.9. The van der Waals surface area contributed by atoms with E-state index in [1.165, 1.54) is 12.1 Å². The number of carboxylic acids is 2. The van der Waals surface area contributed by atoms with E-state index in [2.05, 4.69) is 23.9 Å². The molecular formula is C27H35FN2O6. The Balaban J connectivity index is 0.000000678. The molecule has 0 saturated carbocycles. The molecule has 1 atom stereocenters. The Morgan fingerprint density at radius 3 is 2.06 bits per heavy atom. The third kappa shape index (κ3) is 7.94. The standard InChI is InChI=1S/C25H33FN2O2.C2H2O4/c1-27(2)15-5-7-24(29)19-8-13-23-20(17-19)18-30-25(23,14-6-16-28(3)4)21-9-11-22(26)12-10-21;3-1(4)2(5)6/h8-13,17H,5-7,14-16,18H2,1-4H3;(H,3,4)(H,5,6). The SMILES string of the molecule is CN(C)CCCC(=O)c1ccc2c(c1)COC2(CCCN(C)C)c1ccc(F)cc1.O=C(O)C(=O)O. The highest BCUT2D eigenvalue weighted by Gasteiger charge is 2.41. The van der Waals surface area contributed by atoms with Crippen molar-refractivity contribution in [3.63, 3.8) is 0 Å². The van der Waals surface area contributed by atoms with Crippen LogP contribution in [0.5, 0.6) is 0 Å². The number of ether oxygens (including phenoxy) is 1. The lowest BCUT2D eigenvalue weighted by atomic mass is 9.81. The second-order valence-electron chi connectivity index (χ2n) is 9.34. The normalized spacial score (nSPS) is 16.4. The summed E-state index contributed by atoms with van der Waals surface area (Å²) in [5, 5.41) is 14.8. The van der Waals surface area contributed by atoms with Gasteiger partial charge in [0.15, 0.2) is 5.78 Å². The Labute approximate surface area is 211 Å². The summed E-state index contributed by atoms with van der Waals surface area (Å²) in [5.41, 5.74) is 3.28. The van der Waals surface area contributed by atoms with Gasteiger partial charge in [-0.15, -0.1) is 0 Å². The van der Waals surface area contributed by atoms with E-state index in [9.17, 15) is 9.18 Å². The van der Waals surface area contributed by atoms with Gasteiger partial charge in [-0.25, -0.2) is 14.0 Å². The lowest BCUT2D eigenvalue weighted by Crippen LogP contribution is -2.28. The highest BCUT2D eigenvalue weighted by atomic mass is 19.1. The van der Waals surface area contributed by atoms with Crippen LogP contribution in [-0.2, 0) is 26.5 Å². The Hall–Kier alpha value is -3.14. The molecule has 0 amide bonds. The molecule has 1 heterocycles. The van der Waals surface area contributed by atoms with Crippen molar-refractivity contribution in [1.82, 2.24) is 9.80 Å². The van der Waals surface area contributed by atoms with Crippen LogP contribution < -0.4 is 0 Å². The molecule has 36 heavy (non-hydrogen) atoms. The van der Waals surface area contributed by atoms with E-state index in [1.807, 2.05) is 44.4 Å². The summed E-state index contributed by atoms with van der Waals surface area (Å²) < 4.78 is 20.0. The fourth-order valence-corrected chi connectivity index (χ4v) is 4.21. The van der Waals surface area contributed by atoms with Gasteiger partial charge in [0.2, 0.25) is 0 Å². The minimum atomic E-state index is -1.82. The maximum absolute atomic E-state index is 13.6. The molecule has 1 aliphatic rings. The number of benzene rings is 2. The Morgan fingerprint density at radius 2 is 1.50 bits per heavy atom. The highest BCUT2D eigenvalue weighted by Crippen LogP contribution is 2.45. The van der Waals surface area contributed by atoms with Crippen molar-refractivity contribution < 1.29 is 33.7 Å². The number of Topliss-reactive ketones (excluding diaryl/α,β-unsaturated/α-hetero) is 1. The van der Waals surface area contributed by atoms with Gasteiger partial charge in [0, 0.05) is 12.0 Å². The van der Waals surface area contributed by atoms with Crippen LogP contribution in [-0.4, -0.2) is 79.0 Å². The van der Waals surface area contributed by atoms with Crippen molar-refractivity contribution in [2.24, 2.45) is 0 Å². The topological polar surface area (TPSA) is 107 Å². The number of carbonyl (C=O) groups excluding carboxylic acids is 1. The maximum Gasteiger partial charge on any atom is 0.414 e. The van der Waals surface area contributed by atoms with Gasteiger partial charge in [0.25, 0.3) is 0 Å². The fraction of sp³-hybridized carbons (Fsp3) is 0.444. The molecule has 2 aromatic carbocycles. The van der Waals surface area contributed by atoms with Gasteiger partial charge < -0.3 is 24.7 Å². The van der Waals surface area contributed by atoms with Crippen molar-refractivity contribution in [3.8, 4) is 0 Å². The first-order valence-electron chi connectivity index (χ1n) is 11.8. The number of halogens is 1. The zero-order valence-electron chi connectivity index (χ0n) is 21.3. The number of carbonyl (C=O) groups is 3. The first-order valence-corrected chi connectivity index (χ1v) is 11.8. The Morgan fingerprint density at radius 1 is 0.917 bits per heavy atom. The third-order valence-corrected chi connectivity index (χ3v) is 5.97. The van der Waals surface area contributed by atoms with Gasteiger partial charge in [0.1, 0.15) is 11.4 Å². The summed E-state index contributed by atoms with van der Waals surface area (Å²) in [6, 6.07) is 12.6. The maximum atomic E-state index is 13.6. The smallest absolute Gasteiger partial charge is 0.414 e. The third-order valence-electron chi connectivity index (χ3n) is 5.97. The molecule has 0 bridgehead atoms. The highest BCUT2D eigenvalue weighted by molar-refractivity contribution is 6.27. The second kappa shape index (κ2) is 13.2. The largest absolute Gasteiger partial charge is 0.473 e. The molecule has 2 aromatic rings.